The molecular weight excluding hydrogens is 316 g/mol. The molecule has 25 heavy (non-hydrogen) atoms. The molecule has 1 N–H and O–H groups in total. The zero-order valence-electron chi connectivity index (χ0n) is 13.8. The number of hydrogen-bond donors (Lipinski definition) is 1. The van der Waals surface area contributed by atoms with Gasteiger partial charge in [-0.1, -0.05) is 12.1 Å². The first-order chi connectivity index (χ1) is 12.2. The zero-order chi connectivity index (χ0) is 17.5. The first kappa shape index (κ1) is 16.5. The van der Waals surface area contributed by atoms with Crippen LogP contribution >= 0.6 is 0 Å². The largest absolute Gasteiger partial charge is 0.494 e. The fourth-order valence-electron chi connectivity index (χ4n) is 2.23. The van der Waals surface area contributed by atoms with Crippen LogP contribution in [0, 0.1) is 0 Å². The molecule has 0 saturated heterocycles. The molecule has 1 amide bonds. The van der Waals surface area contributed by atoms with Crippen LogP contribution in [0.5, 0.6) is 17.4 Å². The Morgan fingerprint density at radius 1 is 1.00 bits per heavy atom. The molecule has 0 aliphatic carbocycles. The van der Waals surface area contributed by atoms with E-state index in [2.05, 4.69) is 10.3 Å². The van der Waals surface area contributed by atoms with E-state index in [1.807, 2.05) is 31.2 Å². The van der Waals surface area contributed by atoms with E-state index in [1.54, 1.807) is 48.7 Å². The summed E-state index contributed by atoms with van der Waals surface area (Å²) in [5, 5.41) is 2.85. The van der Waals surface area contributed by atoms with Gasteiger partial charge in [0.25, 0.3) is 5.91 Å². The number of carbonyl (C=O) groups is 1. The average Bonchev–Trinajstić information content (AvgIpc) is 2.65. The number of amides is 1. The fraction of sp³-hybridized carbons (Fsp3) is 0.100. The minimum absolute atomic E-state index is 0.212. The second-order valence-electron chi connectivity index (χ2n) is 5.21. The summed E-state index contributed by atoms with van der Waals surface area (Å²) in [6.45, 7) is 2.53. The van der Waals surface area contributed by atoms with Gasteiger partial charge in [-0.05, 0) is 55.5 Å². The van der Waals surface area contributed by atoms with Gasteiger partial charge in [-0.2, -0.15) is 0 Å². The van der Waals surface area contributed by atoms with Crippen molar-refractivity contribution < 1.29 is 14.3 Å². The van der Waals surface area contributed by atoms with Crippen LogP contribution in [-0.2, 0) is 0 Å². The smallest absolute Gasteiger partial charge is 0.255 e. The van der Waals surface area contributed by atoms with Gasteiger partial charge in [-0.15, -0.1) is 0 Å². The molecule has 0 radical (unpaired) electrons. The van der Waals surface area contributed by atoms with Gasteiger partial charge in [-0.25, -0.2) is 4.98 Å². The first-order valence-corrected chi connectivity index (χ1v) is 7.98. The molecule has 1 heterocycles. The van der Waals surface area contributed by atoms with E-state index in [1.165, 1.54) is 0 Å². The van der Waals surface area contributed by atoms with Gasteiger partial charge in [0, 0.05) is 23.5 Å². The molecule has 126 valence electrons. The lowest BCUT2D eigenvalue weighted by molar-refractivity contribution is 0.102. The number of benzene rings is 2. The van der Waals surface area contributed by atoms with E-state index in [9.17, 15) is 4.79 Å². The van der Waals surface area contributed by atoms with Crippen LogP contribution in [0.2, 0.25) is 0 Å². The second kappa shape index (κ2) is 7.97. The summed E-state index contributed by atoms with van der Waals surface area (Å²) in [5.74, 6) is 1.59. The summed E-state index contributed by atoms with van der Waals surface area (Å²) < 4.78 is 11.0. The van der Waals surface area contributed by atoms with Crippen molar-refractivity contribution in [2.75, 3.05) is 11.9 Å². The van der Waals surface area contributed by atoms with Gasteiger partial charge in [0.1, 0.15) is 11.5 Å². The average molecular weight is 334 g/mol. The van der Waals surface area contributed by atoms with E-state index in [-0.39, 0.29) is 5.91 Å². The summed E-state index contributed by atoms with van der Waals surface area (Å²) in [5.41, 5.74) is 1.20. The molecule has 0 saturated carbocycles. The number of nitrogens with zero attached hydrogens (tertiary/aromatic N) is 1. The van der Waals surface area contributed by atoms with Crippen molar-refractivity contribution in [3.63, 3.8) is 0 Å². The van der Waals surface area contributed by atoms with Crippen molar-refractivity contribution in [3.8, 4) is 17.4 Å². The Labute approximate surface area is 146 Å². The van der Waals surface area contributed by atoms with Crippen molar-refractivity contribution in [3.05, 3.63) is 78.5 Å². The number of carbonyl (C=O) groups excluding carboxylic acids is 1. The second-order valence-corrected chi connectivity index (χ2v) is 5.21. The fourth-order valence-corrected chi connectivity index (χ4v) is 2.23. The van der Waals surface area contributed by atoms with Crippen LogP contribution in [0.3, 0.4) is 0 Å². The van der Waals surface area contributed by atoms with Gasteiger partial charge in [0.15, 0.2) is 0 Å². The van der Waals surface area contributed by atoms with Crippen LogP contribution in [0.15, 0.2) is 72.9 Å². The number of anilines is 1. The molecule has 3 rings (SSSR count). The molecule has 3 aromatic rings. The van der Waals surface area contributed by atoms with Gasteiger partial charge in [0.05, 0.1) is 6.61 Å². The number of ether oxygens (including phenoxy) is 2. The normalized spacial score (nSPS) is 10.1. The lowest BCUT2D eigenvalue weighted by atomic mass is 10.2. The number of aromatic nitrogens is 1. The van der Waals surface area contributed by atoms with E-state index in [0.717, 1.165) is 5.75 Å². The lowest BCUT2D eigenvalue weighted by Crippen LogP contribution is -2.11. The van der Waals surface area contributed by atoms with Crippen molar-refractivity contribution in [2.45, 2.75) is 6.92 Å². The predicted molar refractivity (Wildman–Crippen MR) is 96.3 cm³/mol. The summed E-state index contributed by atoms with van der Waals surface area (Å²) >= 11 is 0. The van der Waals surface area contributed by atoms with Crippen LogP contribution < -0.4 is 14.8 Å². The Bertz CT molecular complexity index is 833. The topological polar surface area (TPSA) is 60.5 Å². The molecule has 5 heteroatoms. The third-order valence-electron chi connectivity index (χ3n) is 3.38. The van der Waals surface area contributed by atoms with E-state index in [0.29, 0.717) is 29.5 Å². The van der Waals surface area contributed by atoms with Crippen LogP contribution in [-0.4, -0.2) is 17.5 Å². The Morgan fingerprint density at radius 2 is 1.84 bits per heavy atom. The van der Waals surface area contributed by atoms with Crippen molar-refractivity contribution in [1.82, 2.24) is 4.98 Å². The van der Waals surface area contributed by atoms with Crippen LogP contribution in [0.25, 0.3) is 0 Å². The van der Waals surface area contributed by atoms with Gasteiger partial charge < -0.3 is 14.8 Å². The molecular formula is C20H18N2O3. The molecule has 0 fully saturated rings. The highest BCUT2D eigenvalue weighted by Crippen LogP contribution is 2.21. The van der Waals surface area contributed by atoms with Crippen LogP contribution in [0.4, 0.5) is 5.69 Å². The molecule has 1 aromatic heterocycles. The molecule has 2 aromatic carbocycles. The summed E-state index contributed by atoms with van der Waals surface area (Å²) in [6, 6.07) is 19.6. The third-order valence-corrected chi connectivity index (χ3v) is 3.38. The summed E-state index contributed by atoms with van der Waals surface area (Å²) in [6.07, 6.45) is 1.65. The maximum absolute atomic E-state index is 12.4. The third kappa shape index (κ3) is 4.57. The van der Waals surface area contributed by atoms with E-state index < -0.39 is 0 Å². The Hall–Kier alpha value is -3.34. The number of rotatable bonds is 6. The number of hydrogen-bond acceptors (Lipinski definition) is 4. The molecule has 0 atom stereocenters. The van der Waals surface area contributed by atoms with Gasteiger partial charge in [-0.3, -0.25) is 4.79 Å². The minimum atomic E-state index is -0.212. The van der Waals surface area contributed by atoms with Crippen molar-refractivity contribution >= 4 is 11.6 Å². The van der Waals surface area contributed by atoms with Crippen molar-refractivity contribution in [2.24, 2.45) is 0 Å². The maximum atomic E-state index is 12.4. The van der Waals surface area contributed by atoms with Crippen LogP contribution in [0.1, 0.15) is 17.3 Å². The maximum Gasteiger partial charge on any atom is 0.255 e. The lowest BCUT2D eigenvalue weighted by Gasteiger charge is -2.09. The molecule has 5 nitrogen and oxygen atoms in total. The first-order valence-electron chi connectivity index (χ1n) is 7.98. The van der Waals surface area contributed by atoms with E-state index >= 15 is 0 Å². The zero-order valence-corrected chi connectivity index (χ0v) is 13.8. The van der Waals surface area contributed by atoms with Crippen molar-refractivity contribution in [1.29, 1.82) is 0 Å². The Morgan fingerprint density at radius 3 is 2.56 bits per heavy atom. The van der Waals surface area contributed by atoms with Gasteiger partial charge in [0.2, 0.25) is 5.88 Å². The highest BCUT2D eigenvalue weighted by atomic mass is 16.5. The highest BCUT2D eigenvalue weighted by molar-refractivity contribution is 6.04. The Kier molecular flexibility index (Phi) is 5.26. The number of pyridine rings is 1. The Balaban J connectivity index is 1.68. The summed E-state index contributed by atoms with van der Waals surface area (Å²) in [4.78, 5) is 16.5. The van der Waals surface area contributed by atoms with E-state index in [4.69, 9.17) is 9.47 Å². The standard InChI is InChI=1S/C20H18N2O3/c1-2-24-17-11-9-16(10-12-17)22-20(23)15-6-5-7-18(14-15)25-19-8-3-4-13-21-19/h3-14H,2H2,1H3,(H,22,23). The quantitative estimate of drug-likeness (QED) is 0.720. The molecule has 0 spiro atoms. The minimum Gasteiger partial charge on any atom is -0.494 e. The number of nitrogens with one attached hydrogen (secondary N) is 1. The molecule has 0 bridgehead atoms. The van der Waals surface area contributed by atoms with Gasteiger partial charge >= 0.3 is 0 Å². The molecule has 0 aliphatic rings. The highest BCUT2D eigenvalue weighted by Gasteiger charge is 2.08. The monoisotopic (exact) mass is 334 g/mol. The summed E-state index contributed by atoms with van der Waals surface area (Å²) in [7, 11) is 0. The SMILES string of the molecule is CCOc1ccc(NC(=O)c2cccc(Oc3ccccn3)c2)cc1. The molecule has 0 aliphatic heterocycles. The predicted octanol–water partition coefficient (Wildman–Crippen LogP) is 4.52. The molecule has 0 unspecified atom stereocenters.